The van der Waals surface area contributed by atoms with Crippen LogP contribution in [0, 0.1) is 17.3 Å². The van der Waals surface area contributed by atoms with Crippen LogP contribution in [0.2, 0.25) is 0 Å². The molecule has 13 heavy (non-hydrogen) atoms. The Balaban J connectivity index is 2.67. The van der Waals surface area contributed by atoms with Gasteiger partial charge in [-0.3, -0.25) is 0 Å². The molecule has 0 aromatic heterocycles. The van der Waals surface area contributed by atoms with Crippen LogP contribution >= 0.6 is 0 Å². The van der Waals surface area contributed by atoms with Crippen molar-refractivity contribution in [3.8, 4) is 0 Å². The monoisotopic (exact) mass is 178 g/mol. The number of hydrogen-bond acceptors (Lipinski definition) is 0. The Morgan fingerprint density at radius 2 is 2.08 bits per heavy atom. The molecule has 74 valence electrons. The summed E-state index contributed by atoms with van der Waals surface area (Å²) in [6.07, 6.45) is 10.7. The van der Waals surface area contributed by atoms with Gasteiger partial charge in [0.2, 0.25) is 0 Å². The largest absolute Gasteiger partial charge is 0.103 e. The lowest BCUT2D eigenvalue weighted by atomic mass is 9.76. The van der Waals surface area contributed by atoms with Gasteiger partial charge in [-0.25, -0.2) is 0 Å². The summed E-state index contributed by atoms with van der Waals surface area (Å²) in [6, 6.07) is 0. The van der Waals surface area contributed by atoms with E-state index in [4.69, 9.17) is 0 Å². The van der Waals surface area contributed by atoms with Gasteiger partial charge < -0.3 is 0 Å². The molecule has 0 bridgehead atoms. The van der Waals surface area contributed by atoms with Gasteiger partial charge >= 0.3 is 0 Å². The second kappa shape index (κ2) is 4.13. The van der Waals surface area contributed by atoms with E-state index in [0.717, 1.165) is 11.8 Å². The van der Waals surface area contributed by atoms with Crippen LogP contribution in [0.25, 0.3) is 0 Å². The molecule has 1 rings (SSSR count). The Hall–Kier alpha value is -0.520. The molecule has 0 amide bonds. The first-order valence-corrected chi connectivity index (χ1v) is 5.33. The normalized spacial score (nSPS) is 29.8. The Labute approximate surface area is 82.7 Å². The molecule has 2 unspecified atom stereocenters. The molecular weight excluding hydrogens is 156 g/mol. The summed E-state index contributed by atoms with van der Waals surface area (Å²) in [7, 11) is 0. The van der Waals surface area contributed by atoms with Crippen molar-refractivity contribution in [1.82, 2.24) is 0 Å². The van der Waals surface area contributed by atoms with Crippen LogP contribution in [0.1, 0.15) is 40.0 Å². The van der Waals surface area contributed by atoms with Crippen LogP contribution < -0.4 is 0 Å². The van der Waals surface area contributed by atoms with Gasteiger partial charge in [-0.15, -0.1) is 6.58 Å². The summed E-state index contributed by atoms with van der Waals surface area (Å²) in [6.45, 7) is 10.9. The predicted molar refractivity (Wildman–Crippen MR) is 59.6 cm³/mol. The maximum atomic E-state index is 3.91. The smallest absolute Gasteiger partial charge is 0.0179 e. The van der Waals surface area contributed by atoms with Crippen LogP contribution in [0.3, 0.4) is 0 Å². The van der Waals surface area contributed by atoms with Crippen LogP contribution in [-0.2, 0) is 0 Å². The van der Waals surface area contributed by atoms with E-state index in [1.807, 2.05) is 0 Å². The van der Waals surface area contributed by atoms with Gasteiger partial charge in [0.05, 0.1) is 0 Å². The maximum absolute atomic E-state index is 3.91. The summed E-state index contributed by atoms with van der Waals surface area (Å²) in [4.78, 5) is 0. The first kappa shape index (κ1) is 10.6. The summed E-state index contributed by atoms with van der Waals surface area (Å²) in [5.41, 5.74) is 0.405. The van der Waals surface area contributed by atoms with Crippen molar-refractivity contribution in [2.24, 2.45) is 17.3 Å². The minimum absolute atomic E-state index is 0.405. The van der Waals surface area contributed by atoms with Gasteiger partial charge in [-0.05, 0) is 36.5 Å². The summed E-state index contributed by atoms with van der Waals surface area (Å²) >= 11 is 0. The van der Waals surface area contributed by atoms with Gasteiger partial charge in [-0.1, -0.05) is 39.0 Å². The van der Waals surface area contributed by atoms with E-state index >= 15 is 0 Å². The molecule has 0 nitrogen and oxygen atoms in total. The zero-order chi connectivity index (χ0) is 9.90. The highest BCUT2D eigenvalue weighted by Crippen LogP contribution is 2.35. The van der Waals surface area contributed by atoms with Gasteiger partial charge in [0.1, 0.15) is 0 Å². The molecule has 0 aromatic carbocycles. The minimum Gasteiger partial charge on any atom is -0.103 e. The van der Waals surface area contributed by atoms with Crippen molar-refractivity contribution in [2.75, 3.05) is 0 Å². The van der Waals surface area contributed by atoms with Crippen LogP contribution in [0.4, 0.5) is 0 Å². The quantitative estimate of drug-likeness (QED) is 0.528. The Morgan fingerprint density at radius 3 is 2.62 bits per heavy atom. The highest BCUT2D eigenvalue weighted by Gasteiger charge is 2.25. The average Bonchev–Trinajstić information content (AvgIpc) is 2.27. The summed E-state index contributed by atoms with van der Waals surface area (Å²) < 4.78 is 0. The maximum Gasteiger partial charge on any atom is -0.0179 e. The van der Waals surface area contributed by atoms with E-state index in [1.165, 1.54) is 19.3 Å². The van der Waals surface area contributed by atoms with Gasteiger partial charge in [0, 0.05) is 0 Å². The highest BCUT2D eigenvalue weighted by atomic mass is 14.3. The van der Waals surface area contributed by atoms with E-state index in [1.54, 1.807) is 0 Å². The fourth-order valence-corrected chi connectivity index (χ4v) is 1.95. The van der Waals surface area contributed by atoms with Crippen molar-refractivity contribution in [3.05, 3.63) is 24.8 Å². The molecule has 1 aliphatic carbocycles. The average molecular weight is 178 g/mol. The number of rotatable bonds is 1. The first-order chi connectivity index (χ1) is 6.04. The summed E-state index contributed by atoms with van der Waals surface area (Å²) in [5, 5.41) is 0. The van der Waals surface area contributed by atoms with E-state index in [9.17, 15) is 0 Å². The van der Waals surface area contributed by atoms with Crippen LogP contribution in [-0.4, -0.2) is 0 Å². The molecule has 0 saturated carbocycles. The van der Waals surface area contributed by atoms with Crippen LogP contribution in [0.15, 0.2) is 24.8 Å². The standard InChI is InChI=1S/C13H22/c1-5-11-8-6-7-9-12(10-11)13(2,3)4/h5,7,9,11-12H,1,6,8,10H2,2-4H3. The molecule has 0 heterocycles. The molecule has 0 N–H and O–H groups in total. The Morgan fingerprint density at radius 1 is 1.38 bits per heavy atom. The molecule has 2 atom stereocenters. The van der Waals surface area contributed by atoms with Gasteiger partial charge in [0.15, 0.2) is 0 Å². The third-order valence-electron chi connectivity index (χ3n) is 3.07. The zero-order valence-electron chi connectivity index (χ0n) is 9.22. The topological polar surface area (TPSA) is 0 Å². The molecular formula is C13H22. The lowest BCUT2D eigenvalue weighted by molar-refractivity contribution is 0.258. The van der Waals surface area contributed by atoms with E-state index in [2.05, 4.69) is 45.6 Å². The van der Waals surface area contributed by atoms with Gasteiger partial charge in [-0.2, -0.15) is 0 Å². The molecule has 0 heteroatoms. The van der Waals surface area contributed by atoms with Crippen molar-refractivity contribution < 1.29 is 0 Å². The second-order valence-corrected chi connectivity index (χ2v) is 5.21. The third kappa shape index (κ3) is 3.02. The number of allylic oxidation sites excluding steroid dienone is 3. The van der Waals surface area contributed by atoms with E-state index < -0.39 is 0 Å². The second-order valence-electron chi connectivity index (χ2n) is 5.21. The number of hydrogen-bond donors (Lipinski definition) is 0. The predicted octanol–water partition coefficient (Wildman–Crippen LogP) is 4.19. The summed E-state index contributed by atoms with van der Waals surface area (Å²) in [5.74, 6) is 1.44. The first-order valence-electron chi connectivity index (χ1n) is 5.33. The zero-order valence-corrected chi connectivity index (χ0v) is 9.22. The van der Waals surface area contributed by atoms with Crippen molar-refractivity contribution in [2.45, 2.75) is 40.0 Å². The molecule has 0 aliphatic heterocycles. The van der Waals surface area contributed by atoms with Crippen molar-refractivity contribution >= 4 is 0 Å². The third-order valence-corrected chi connectivity index (χ3v) is 3.07. The van der Waals surface area contributed by atoms with Gasteiger partial charge in [0.25, 0.3) is 0 Å². The minimum atomic E-state index is 0.405. The lowest BCUT2D eigenvalue weighted by Crippen LogP contribution is -2.20. The molecule has 0 saturated heterocycles. The fraction of sp³-hybridized carbons (Fsp3) is 0.692. The van der Waals surface area contributed by atoms with Crippen molar-refractivity contribution in [3.63, 3.8) is 0 Å². The highest BCUT2D eigenvalue weighted by molar-refractivity contribution is 5.00. The van der Waals surface area contributed by atoms with E-state index in [0.29, 0.717) is 5.41 Å². The van der Waals surface area contributed by atoms with E-state index in [-0.39, 0.29) is 0 Å². The molecule has 1 aliphatic rings. The fourth-order valence-electron chi connectivity index (χ4n) is 1.95. The Bertz CT molecular complexity index is 193. The molecule has 0 spiro atoms. The van der Waals surface area contributed by atoms with Crippen LogP contribution in [0.5, 0.6) is 0 Å². The molecule has 0 fully saturated rings. The Kier molecular flexibility index (Phi) is 3.35. The SMILES string of the molecule is C=CC1CCC=CC(C(C)(C)C)C1. The molecule has 0 aromatic rings. The van der Waals surface area contributed by atoms with Crippen molar-refractivity contribution in [1.29, 1.82) is 0 Å². The lowest BCUT2D eigenvalue weighted by Gasteiger charge is -2.29. The molecule has 0 radical (unpaired) electrons.